The van der Waals surface area contributed by atoms with Crippen LogP contribution in [0.2, 0.25) is 0 Å². The third-order valence-corrected chi connectivity index (χ3v) is 3.62. The number of hydrogen-bond donors (Lipinski definition) is 0. The Morgan fingerprint density at radius 3 is 2.43 bits per heavy atom. The van der Waals surface area contributed by atoms with E-state index in [-0.39, 0.29) is 25.0 Å². The molecule has 21 heavy (non-hydrogen) atoms. The summed E-state index contributed by atoms with van der Waals surface area (Å²) in [7, 11) is 1.73. The summed E-state index contributed by atoms with van der Waals surface area (Å²) < 4.78 is 5.04. The fourth-order valence-electron chi connectivity index (χ4n) is 2.41. The zero-order chi connectivity index (χ0) is 16.2. The predicted octanol–water partition coefficient (Wildman–Crippen LogP) is 0.902. The van der Waals surface area contributed by atoms with Gasteiger partial charge >= 0.3 is 5.97 Å². The minimum atomic E-state index is -0.881. The molecule has 1 saturated heterocycles. The standard InChI is InChI=1S/C15H26N2O4/c1-6-21-14(20)12(15(2,3)4)13(19)17-9-7-8-16(5)11(18)10-17/h12H,6-10H2,1-5H3. The monoisotopic (exact) mass is 298 g/mol. The van der Waals surface area contributed by atoms with Gasteiger partial charge in [0.15, 0.2) is 0 Å². The van der Waals surface area contributed by atoms with Gasteiger partial charge in [-0.2, -0.15) is 0 Å². The van der Waals surface area contributed by atoms with Crippen molar-refractivity contribution in [3.63, 3.8) is 0 Å². The summed E-state index contributed by atoms with van der Waals surface area (Å²) in [5.74, 6) is -1.81. The van der Waals surface area contributed by atoms with E-state index < -0.39 is 17.3 Å². The number of likely N-dealkylation sites (N-methyl/N-ethyl adjacent to an activating group) is 1. The van der Waals surface area contributed by atoms with Crippen LogP contribution < -0.4 is 0 Å². The van der Waals surface area contributed by atoms with Crippen LogP contribution in [0.4, 0.5) is 0 Å². The molecule has 1 unspecified atom stereocenters. The van der Waals surface area contributed by atoms with Crippen LogP contribution in [0, 0.1) is 11.3 Å². The molecule has 0 spiro atoms. The van der Waals surface area contributed by atoms with Gasteiger partial charge < -0.3 is 14.5 Å². The summed E-state index contributed by atoms with van der Waals surface area (Å²) in [4.78, 5) is 39.9. The quantitative estimate of drug-likeness (QED) is 0.573. The lowest BCUT2D eigenvalue weighted by Gasteiger charge is -2.32. The van der Waals surface area contributed by atoms with Crippen LogP contribution in [-0.4, -0.2) is 60.9 Å². The summed E-state index contributed by atoms with van der Waals surface area (Å²) in [6.07, 6.45) is 0.716. The molecule has 0 aromatic rings. The van der Waals surface area contributed by atoms with E-state index in [4.69, 9.17) is 4.74 Å². The second-order valence-electron chi connectivity index (χ2n) is 6.48. The van der Waals surface area contributed by atoms with Crippen molar-refractivity contribution in [3.05, 3.63) is 0 Å². The molecule has 0 bridgehead atoms. The van der Waals surface area contributed by atoms with Gasteiger partial charge in [0.25, 0.3) is 0 Å². The van der Waals surface area contributed by atoms with Crippen molar-refractivity contribution in [1.29, 1.82) is 0 Å². The number of ether oxygens (including phenoxy) is 1. The molecule has 0 aromatic heterocycles. The van der Waals surface area contributed by atoms with Gasteiger partial charge in [0, 0.05) is 20.1 Å². The van der Waals surface area contributed by atoms with Gasteiger partial charge in [-0.05, 0) is 18.8 Å². The number of amides is 2. The molecule has 0 aromatic carbocycles. The molecular formula is C15H26N2O4. The highest BCUT2D eigenvalue weighted by atomic mass is 16.5. The van der Waals surface area contributed by atoms with Crippen LogP contribution >= 0.6 is 0 Å². The molecule has 1 heterocycles. The van der Waals surface area contributed by atoms with Crippen LogP contribution in [0.25, 0.3) is 0 Å². The molecule has 0 saturated carbocycles. The van der Waals surface area contributed by atoms with Crippen molar-refractivity contribution in [2.45, 2.75) is 34.1 Å². The van der Waals surface area contributed by atoms with Crippen LogP contribution in [0.3, 0.4) is 0 Å². The van der Waals surface area contributed by atoms with Crippen molar-refractivity contribution < 1.29 is 19.1 Å². The van der Waals surface area contributed by atoms with Gasteiger partial charge in [-0.15, -0.1) is 0 Å². The van der Waals surface area contributed by atoms with Crippen LogP contribution in [0.5, 0.6) is 0 Å². The highest BCUT2D eigenvalue weighted by molar-refractivity contribution is 6.00. The van der Waals surface area contributed by atoms with Crippen molar-refractivity contribution >= 4 is 17.8 Å². The lowest BCUT2D eigenvalue weighted by Crippen LogP contribution is -2.47. The van der Waals surface area contributed by atoms with E-state index in [1.54, 1.807) is 18.9 Å². The van der Waals surface area contributed by atoms with E-state index in [0.29, 0.717) is 19.5 Å². The number of hydrogen-bond acceptors (Lipinski definition) is 4. The number of esters is 1. The highest BCUT2D eigenvalue weighted by Gasteiger charge is 2.42. The molecule has 0 radical (unpaired) electrons. The summed E-state index contributed by atoms with van der Waals surface area (Å²) in [5.41, 5.74) is -0.551. The first-order chi connectivity index (χ1) is 9.68. The topological polar surface area (TPSA) is 66.9 Å². The number of carbonyl (C=O) groups is 3. The number of rotatable bonds is 3. The Hall–Kier alpha value is -1.59. The Morgan fingerprint density at radius 2 is 1.90 bits per heavy atom. The van der Waals surface area contributed by atoms with Gasteiger partial charge in [0.2, 0.25) is 11.8 Å². The normalized spacial score (nSPS) is 18.2. The molecule has 1 rings (SSSR count). The summed E-state index contributed by atoms with van der Waals surface area (Å²) in [5, 5.41) is 0. The molecule has 2 amide bonds. The maximum atomic E-state index is 12.7. The van der Waals surface area contributed by atoms with E-state index in [2.05, 4.69) is 0 Å². The summed E-state index contributed by atoms with van der Waals surface area (Å²) in [6, 6.07) is 0. The first-order valence-corrected chi connectivity index (χ1v) is 7.37. The second kappa shape index (κ2) is 6.91. The molecule has 6 heteroatoms. The maximum Gasteiger partial charge on any atom is 0.319 e. The van der Waals surface area contributed by atoms with E-state index in [0.717, 1.165) is 0 Å². The molecule has 0 aliphatic carbocycles. The minimum absolute atomic E-state index is 0.0291. The van der Waals surface area contributed by atoms with Crippen molar-refractivity contribution in [2.75, 3.05) is 33.3 Å². The molecular weight excluding hydrogens is 272 g/mol. The first-order valence-electron chi connectivity index (χ1n) is 7.37. The van der Waals surface area contributed by atoms with Gasteiger partial charge in [-0.1, -0.05) is 20.8 Å². The second-order valence-corrected chi connectivity index (χ2v) is 6.48. The lowest BCUT2D eigenvalue weighted by atomic mass is 9.79. The summed E-state index contributed by atoms with van der Waals surface area (Å²) >= 11 is 0. The van der Waals surface area contributed by atoms with Crippen molar-refractivity contribution in [2.24, 2.45) is 11.3 Å². The zero-order valence-corrected chi connectivity index (χ0v) is 13.6. The highest BCUT2D eigenvalue weighted by Crippen LogP contribution is 2.29. The molecule has 1 atom stereocenters. The minimum Gasteiger partial charge on any atom is -0.465 e. The van der Waals surface area contributed by atoms with E-state index in [1.165, 1.54) is 4.90 Å². The fraction of sp³-hybridized carbons (Fsp3) is 0.800. The maximum absolute atomic E-state index is 12.7. The first kappa shape index (κ1) is 17.5. The SMILES string of the molecule is CCOC(=O)C(C(=O)N1CCCN(C)C(=O)C1)C(C)(C)C. The molecule has 6 nitrogen and oxygen atoms in total. The van der Waals surface area contributed by atoms with E-state index in [1.807, 2.05) is 20.8 Å². The Balaban J connectivity index is 2.94. The zero-order valence-electron chi connectivity index (χ0n) is 13.6. The van der Waals surface area contributed by atoms with E-state index >= 15 is 0 Å². The Kier molecular flexibility index (Phi) is 5.75. The third kappa shape index (κ3) is 4.44. The van der Waals surface area contributed by atoms with Crippen molar-refractivity contribution in [1.82, 2.24) is 9.80 Å². The smallest absolute Gasteiger partial charge is 0.319 e. The average molecular weight is 298 g/mol. The van der Waals surface area contributed by atoms with Gasteiger partial charge in [0.05, 0.1) is 13.2 Å². The molecule has 0 N–H and O–H groups in total. The predicted molar refractivity (Wildman–Crippen MR) is 78.4 cm³/mol. The lowest BCUT2D eigenvalue weighted by molar-refractivity contribution is -0.161. The molecule has 120 valence electrons. The van der Waals surface area contributed by atoms with Gasteiger partial charge in [-0.3, -0.25) is 14.4 Å². The summed E-state index contributed by atoms with van der Waals surface area (Å²) in [6.45, 7) is 8.59. The van der Waals surface area contributed by atoms with Crippen LogP contribution in [0.1, 0.15) is 34.1 Å². The Labute approximate surface area is 126 Å². The Morgan fingerprint density at radius 1 is 1.29 bits per heavy atom. The van der Waals surface area contributed by atoms with Gasteiger partial charge in [0.1, 0.15) is 5.92 Å². The fourth-order valence-corrected chi connectivity index (χ4v) is 2.41. The largest absolute Gasteiger partial charge is 0.465 e. The number of carbonyl (C=O) groups excluding carboxylic acids is 3. The molecule has 1 aliphatic rings. The number of nitrogens with zero attached hydrogens (tertiary/aromatic N) is 2. The average Bonchev–Trinajstić information content (AvgIpc) is 2.51. The Bertz CT molecular complexity index is 414. The van der Waals surface area contributed by atoms with Gasteiger partial charge in [-0.25, -0.2) is 0 Å². The molecule has 1 fully saturated rings. The molecule has 1 aliphatic heterocycles. The van der Waals surface area contributed by atoms with Crippen LogP contribution in [-0.2, 0) is 19.1 Å². The third-order valence-electron chi connectivity index (χ3n) is 3.62. The van der Waals surface area contributed by atoms with Crippen molar-refractivity contribution in [3.8, 4) is 0 Å². The van der Waals surface area contributed by atoms with E-state index in [9.17, 15) is 14.4 Å². The van der Waals surface area contributed by atoms with Crippen LogP contribution in [0.15, 0.2) is 0 Å².